The Balaban J connectivity index is 2.88. The molecule has 0 aromatic heterocycles. The lowest BCUT2D eigenvalue weighted by molar-refractivity contribution is -0.137. The molecule has 0 aromatic rings. The summed E-state index contributed by atoms with van der Waals surface area (Å²) in [6, 6.07) is 0. The van der Waals surface area contributed by atoms with Crippen LogP contribution in [0.4, 0.5) is 0 Å². The van der Waals surface area contributed by atoms with Crippen molar-refractivity contribution in [3.63, 3.8) is 0 Å². The number of carbonyl (C=O) groups is 2. The fraction of sp³-hybridized carbons (Fsp3) is 0.600. The summed E-state index contributed by atoms with van der Waals surface area (Å²) in [6.07, 6.45) is 1.37. The van der Waals surface area contributed by atoms with Gasteiger partial charge in [0.2, 0.25) is 0 Å². The summed E-state index contributed by atoms with van der Waals surface area (Å²) in [5.41, 5.74) is 0.520. The van der Waals surface area contributed by atoms with Crippen LogP contribution in [0.2, 0.25) is 0 Å². The first-order valence-electron chi connectivity index (χ1n) is 4.45. The molecule has 0 N–H and O–H groups in total. The maximum absolute atomic E-state index is 11.5. The maximum atomic E-state index is 11.5. The van der Waals surface area contributed by atoms with Crippen molar-refractivity contribution in [1.82, 2.24) is 0 Å². The third-order valence-electron chi connectivity index (χ3n) is 2.35. The van der Waals surface area contributed by atoms with E-state index in [0.717, 1.165) is 0 Å². The molecule has 0 aliphatic heterocycles. The highest BCUT2D eigenvalue weighted by atomic mass is 16.5. The smallest absolute Gasteiger partial charge is 0.333 e. The van der Waals surface area contributed by atoms with Gasteiger partial charge < -0.3 is 9.47 Å². The topological polar surface area (TPSA) is 52.6 Å². The van der Waals surface area contributed by atoms with Gasteiger partial charge in [-0.2, -0.15) is 0 Å². The van der Waals surface area contributed by atoms with Gasteiger partial charge in [-0.05, 0) is 12.5 Å². The van der Waals surface area contributed by atoms with Crippen molar-refractivity contribution >= 4 is 11.8 Å². The minimum atomic E-state index is -0.604. The van der Waals surface area contributed by atoms with E-state index in [0.29, 0.717) is 12.0 Å². The molecular weight excluding hydrogens is 184 g/mol. The van der Waals surface area contributed by atoms with Crippen molar-refractivity contribution in [2.24, 2.45) is 5.92 Å². The molecule has 1 rings (SSSR count). The quantitative estimate of drug-likeness (QED) is 0.613. The minimum Gasteiger partial charge on any atom is -0.466 e. The average molecular weight is 198 g/mol. The average Bonchev–Trinajstić information content (AvgIpc) is 2.20. The molecule has 0 aromatic carbocycles. The number of esters is 1. The molecule has 78 valence electrons. The SMILES string of the molecule is COC(=O)C1=CC(OC)C(=O)[C@H](C)C1. The normalized spacial score (nSPS) is 27.1. The number of hydrogen-bond acceptors (Lipinski definition) is 4. The van der Waals surface area contributed by atoms with Gasteiger partial charge in [0.05, 0.1) is 7.11 Å². The molecule has 1 unspecified atom stereocenters. The molecule has 2 atom stereocenters. The molecule has 0 fully saturated rings. The highest BCUT2D eigenvalue weighted by molar-refractivity contribution is 5.96. The summed E-state index contributed by atoms with van der Waals surface area (Å²) >= 11 is 0. The third kappa shape index (κ3) is 2.01. The van der Waals surface area contributed by atoms with Crippen LogP contribution in [0, 0.1) is 5.92 Å². The lowest BCUT2D eigenvalue weighted by Crippen LogP contribution is -2.32. The van der Waals surface area contributed by atoms with Crippen LogP contribution in [0.25, 0.3) is 0 Å². The molecule has 0 saturated carbocycles. The van der Waals surface area contributed by atoms with E-state index < -0.39 is 6.10 Å². The van der Waals surface area contributed by atoms with Crippen LogP contribution < -0.4 is 0 Å². The molecule has 0 amide bonds. The zero-order valence-corrected chi connectivity index (χ0v) is 8.57. The van der Waals surface area contributed by atoms with E-state index in [1.54, 1.807) is 6.92 Å². The fourth-order valence-corrected chi connectivity index (χ4v) is 1.51. The van der Waals surface area contributed by atoms with Crippen LogP contribution in [-0.2, 0) is 19.1 Å². The van der Waals surface area contributed by atoms with Gasteiger partial charge in [0.25, 0.3) is 0 Å². The van der Waals surface area contributed by atoms with Crippen molar-refractivity contribution in [2.45, 2.75) is 19.4 Å². The second-order valence-corrected chi connectivity index (χ2v) is 3.35. The Morgan fingerprint density at radius 2 is 2.14 bits per heavy atom. The highest BCUT2D eigenvalue weighted by Crippen LogP contribution is 2.23. The minimum absolute atomic E-state index is 0.0140. The van der Waals surface area contributed by atoms with Crippen LogP contribution in [0.5, 0.6) is 0 Å². The lowest BCUT2D eigenvalue weighted by Gasteiger charge is -2.22. The van der Waals surface area contributed by atoms with Crippen LogP contribution in [0.15, 0.2) is 11.6 Å². The summed E-state index contributed by atoms with van der Waals surface area (Å²) in [5, 5.41) is 0. The number of methoxy groups -OCH3 is 2. The zero-order chi connectivity index (χ0) is 10.7. The molecule has 1 aliphatic carbocycles. The third-order valence-corrected chi connectivity index (χ3v) is 2.35. The molecular formula is C10H14O4. The van der Waals surface area contributed by atoms with Crippen LogP contribution in [0.3, 0.4) is 0 Å². The van der Waals surface area contributed by atoms with Crippen LogP contribution >= 0.6 is 0 Å². The Morgan fingerprint density at radius 3 is 2.64 bits per heavy atom. The van der Waals surface area contributed by atoms with Crippen LogP contribution in [-0.4, -0.2) is 32.1 Å². The monoisotopic (exact) mass is 198 g/mol. The molecule has 0 saturated heterocycles. The van der Waals surface area contributed by atoms with E-state index in [-0.39, 0.29) is 17.7 Å². The largest absolute Gasteiger partial charge is 0.466 e. The summed E-state index contributed by atoms with van der Waals surface area (Å²) in [4.78, 5) is 22.7. The second kappa shape index (κ2) is 4.37. The van der Waals surface area contributed by atoms with E-state index in [4.69, 9.17) is 4.74 Å². The predicted molar refractivity (Wildman–Crippen MR) is 49.7 cm³/mol. The van der Waals surface area contributed by atoms with Gasteiger partial charge in [0.1, 0.15) is 6.10 Å². The van der Waals surface area contributed by atoms with Crippen molar-refractivity contribution in [1.29, 1.82) is 0 Å². The molecule has 4 heteroatoms. The predicted octanol–water partition coefficient (Wildman–Crippen LogP) is 0.710. The first-order valence-corrected chi connectivity index (χ1v) is 4.45. The number of carbonyl (C=O) groups excluding carboxylic acids is 2. The van der Waals surface area contributed by atoms with Gasteiger partial charge in [-0.25, -0.2) is 4.79 Å². The molecule has 0 radical (unpaired) electrons. The summed E-state index contributed by atoms with van der Waals surface area (Å²) in [5.74, 6) is -0.550. The first kappa shape index (κ1) is 10.9. The summed E-state index contributed by atoms with van der Waals surface area (Å²) in [7, 11) is 2.78. The number of ether oxygens (including phenoxy) is 2. The molecule has 1 aliphatic rings. The lowest BCUT2D eigenvalue weighted by atomic mass is 9.87. The Labute approximate surface area is 82.9 Å². The van der Waals surface area contributed by atoms with Gasteiger partial charge in [-0.3, -0.25) is 4.79 Å². The molecule has 0 spiro atoms. The fourth-order valence-electron chi connectivity index (χ4n) is 1.51. The molecule has 14 heavy (non-hydrogen) atoms. The number of Topliss-reactive ketones (excluding diaryl/α,β-unsaturated/α-hetero) is 1. The van der Waals surface area contributed by atoms with E-state index >= 15 is 0 Å². The van der Waals surface area contributed by atoms with Crippen molar-refractivity contribution in [3.8, 4) is 0 Å². The van der Waals surface area contributed by atoms with E-state index in [9.17, 15) is 9.59 Å². The summed E-state index contributed by atoms with van der Waals surface area (Å²) < 4.78 is 9.56. The van der Waals surface area contributed by atoms with E-state index in [2.05, 4.69) is 4.74 Å². The number of ketones is 1. The van der Waals surface area contributed by atoms with Gasteiger partial charge in [-0.1, -0.05) is 6.92 Å². The van der Waals surface area contributed by atoms with Crippen molar-refractivity contribution in [2.75, 3.05) is 14.2 Å². The zero-order valence-electron chi connectivity index (χ0n) is 8.57. The Hall–Kier alpha value is -1.16. The Bertz CT molecular complexity index is 280. The van der Waals surface area contributed by atoms with E-state index in [1.807, 2.05) is 0 Å². The standard InChI is InChI=1S/C10H14O4/c1-6-4-7(10(12)14-3)5-8(13-2)9(6)11/h5-6,8H,4H2,1-3H3/t6-,8?/m1/s1. The van der Waals surface area contributed by atoms with E-state index in [1.165, 1.54) is 20.3 Å². The van der Waals surface area contributed by atoms with Gasteiger partial charge in [0.15, 0.2) is 5.78 Å². The van der Waals surface area contributed by atoms with Gasteiger partial charge >= 0.3 is 5.97 Å². The van der Waals surface area contributed by atoms with Gasteiger partial charge in [0, 0.05) is 18.6 Å². The van der Waals surface area contributed by atoms with Crippen molar-refractivity contribution in [3.05, 3.63) is 11.6 Å². The molecule has 4 nitrogen and oxygen atoms in total. The first-order chi connectivity index (χ1) is 6.60. The Morgan fingerprint density at radius 1 is 1.50 bits per heavy atom. The van der Waals surface area contributed by atoms with Gasteiger partial charge in [-0.15, -0.1) is 0 Å². The highest BCUT2D eigenvalue weighted by Gasteiger charge is 2.30. The Kier molecular flexibility index (Phi) is 3.41. The molecule has 0 bridgehead atoms. The number of hydrogen-bond donors (Lipinski definition) is 0. The maximum Gasteiger partial charge on any atom is 0.333 e. The number of rotatable bonds is 2. The summed E-state index contributed by atoms with van der Waals surface area (Å²) in [6.45, 7) is 1.78. The van der Waals surface area contributed by atoms with Crippen molar-refractivity contribution < 1.29 is 19.1 Å². The second-order valence-electron chi connectivity index (χ2n) is 3.35. The van der Waals surface area contributed by atoms with Crippen LogP contribution in [0.1, 0.15) is 13.3 Å². The molecule has 0 heterocycles.